The lowest BCUT2D eigenvalue weighted by Gasteiger charge is -2.41. The number of nitrogens with zero attached hydrogens (tertiary/aromatic N) is 2. The number of hydrogen-bond donors (Lipinski definition) is 0. The Labute approximate surface area is 138 Å². The minimum absolute atomic E-state index is 0.00107. The number of benzene rings is 1. The highest BCUT2D eigenvalue weighted by Gasteiger charge is 2.35. The minimum Gasteiger partial charge on any atom is -0.377 e. The summed E-state index contributed by atoms with van der Waals surface area (Å²) in [4.78, 5) is 19.5. The maximum absolute atomic E-state index is 12.9. The molecule has 0 N–H and O–H groups in total. The smallest absolute Gasteiger partial charge is 0.266 e. The molecule has 6 heteroatoms. The largest absolute Gasteiger partial charge is 0.377 e. The summed E-state index contributed by atoms with van der Waals surface area (Å²) >= 11 is 1.40. The Bertz CT molecular complexity index is 697. The van der Waals surface area contributed by atoms with Crippen LogP contribution in [0.3, 0.4) is 0 Å². The van der Waals surface area contributed by atoms with E-state index in [2.05, 4.69) is 4.98 Å². The molecule has 2 aromatic rings. The predicted octanol–water partition coefficient (Wildman–Crippen LogP) is 3.12. The molecule has 1 aromatic heterocycles. The first-order chi connectivity index (χ1) is 11.0. The van der Waals surface area contributed by atoms with E-state index >= 15 is 0 Å². The molecule has 0 saturated carbocycles. The third-order valence-corrected chi connectivity index (χ3v) is 4.91. The van der Waals surface area contributed by atoms with E-state index in [9.17, 15) is 9.18 Å². The van der Waals surface area contributed by atoms with E-state index in [-0.39, 0.29) is 17.3 Å². The molecule has 0 bridgehead atoms. The molecule has 1 aliphatic heterocycles. The van der Waals surface area contributed by atoms with Crippen molar-refractivity contribution in [2.75, 3.05) is 19.8 Å². The van der Waals surface area contributed by atoms with Crippen molar-refractivity contribution in [2.45, 2.75) is 25.8 Å². The first-order valence-corrected chi connectivity index (χ1v) is 8.36. The van der Waals surface area contributed by atoms with E-state index < -0.39 is 0 Å². The lowest BCUT2D eigenvalue weighted by molar-refractivity contribution is -0.0368. The molecule has 0 unspecified atom stereocenters. The molecular weight excluding hydrogens is 315 g/mol. The molecule has 1 aliphatic rings. The number of carbonyl (C=O) groups excluding carboxylic acids is 1. The zero-order valence-electron chi connectivity index (χ0n) is 13.2. The van der Waals surface area contributed by atoms with Crippen LogP contribution in [0.2, 0.25) is 0 Å². The third-order valence-electron chi connectivity index (χ3n) is 3.92. The Kier molecular flexibility index (Phi) is 4.46. The van der Waals surface area contributed by atoms with Gasteiger partial charge in [-0.15, -0.1) is 11.3 Å². The van der Waals surface area contributed by atoms with E-state index in [0.717, 1.165) is 10.6 Å². The van der Waals surface area contributed by atoms with Gasteiger partial charge in [-0.05, 0) is 31.5 Å². The molecule has 4 nitrogen and oxygen atoms in total. The average Bonchev–Trinajstić information content (AvgIpc) is 2.97. The highest BCUT2D eigenvalue weighted by atomic mass is 32.1. The molecule has 23 heavy (non-hydrogen) atoms. The quantitative estimate of drug-likeness (QED) is 0.866. The monoisotopic (exact) mass is 334 g/mol. The van der Waals surface area contributed by atoms with Crippen LogP contribution in [0.4, 0.5) is 4.39 Å². The number of carbonyl (C=O) groups is 1. The molecule has 2 heterocycles. The lowest BCUT2D eigenvalue weighted by atomic mass is 10.0. The molecule has 0 spiro atoms. The van der Waals surface area contributed by atoms with Crippen LogP contribution in [-0.2, 0) is 11.2 Å². The van der Waals surface area contributed by atoms with Crippen molar-refractivity contribution in [1.82, 2.24) is 9.88 Å². The van der Waals surface area contributed by atoms with Crippen molar-refractivity contribution in [3.05, 3.63) is 51.7 Å². The summed E-state index contributed by atoms with van der Waals surface area (Å²) in [5.74, 6) is -0.250. The molecule has 1 fully saturated rings. The van der Waals surface area contributed by atoms with Gasteiger partial charge < -0.3 is 9.64 Å². The van der Waals surface area contributed by atoms with E-state index in [1.807, 2.05) is 18.7 Å². The summed E-state index contributed by atoms with van der Waals surface area (Å²) in [7, 11) is 0. The number of amides is 1. The number of morpholine rings is 1. The fourth-order valence-corrected chi connectivity index (χ4v) is 3.54. The van der Waals surface area contributed by atoms with Crippen LogP contribution in [0.5, 0.6) is 0 Å². The van der Waals surface area contributed by atoms with Gasteiger partial charge in [0, 0.05) is 13.0 Å². The Morgan fingerprint density at radius 2 is 2.13 bits per heavy atom. The van der Waals surface area contributed by atoms with Gasteiger partial charge in [-0.1, -0.05) is 12.1 Å². The van der Waals surface area contributed by atoms with Gasteiger partial charge >= 0.3 is 0 Å². The van der Waals surface area contributed by atoms with Gasteiger partial charge in [0.15, 0.2) is 0 Å². The molecule has 1 aromatic carbocycles. The molecule has 122 valence electrons. The maximum Gasteiger partial charge on any atom is 0.266 e. The summed E-state index contributed by atoms with van der Waals surface area (Å²) in [5.41, 5.74) is 0.669. The fourth-order valence-electron chi connectivity index (χ4n) is 2.64. The second-order valence-electron chi connectivity index (χ2n) is 6.24. The summed E-state index contributed by atoms with van der Waals surface area (Å²) in [5, 5.41) is 0.853. The topological polar surface area (TPSA) is 42.4 Å². The van der Waals surface area contributed by atoms with Crippen LogP contribution in [0, 0.1) is 5.82 Å². The number of hydrogen-bond acceptors (Lipinski definition) is 4. The second-order valence-corrected chi connectivity index (χ2v) is 7.36. The number of ether oxygens (including phenoxy) is 1. The SMILES string of the molecule is CC1(C)COCCN1C(=O)c1cnc(Cc2ccc(F)cc2)s1. The van der Waals surface area contributed by atoms with E-state index in [1.165, 1.54) is 23.5 Å². The number of aromatic nitrogens is 1. The van der Waals surface area contributed by atoms with Gasteiger partial charge in [0.1, 0.15) is 10.7 Å². The van der Waals surface area contributed by atoms with Crippen molar-refractivity contribution in [3.63, 3.8) is 0 Å². The number of rotatable bonds is 3. The van der Waals surface area contributed by atoms with Crippen molar-refractivity contribution in [1.29, 1.82) is 0 Å². The van der Waals surface area contributed by atoms with Crippen molar-refractivity contribution >= 4 is 17.2 Å². The van der Waals surface area contributed by atoms with Crippen molar-refractivity contribution in [3.8, 4) is 0 Å². The van der Waals surface area contributed by atoms with Gasteiger partial charge in [-0.25, -0.2) is 9.37 Å². The second kappa shape index (κ2) is 6.37. The highest BCUT2D eigenvalue weighted by molar-refractivity contribution is 7.13. The van der Waals surface area contributed by atoms with Crippen molar-refractivity contribution in [2.24, 2.45) is 0 Å². The summed E-state index contributed by atoms with van der Waals surface area (Å²) in [6.07, 6.45) is 2.24. The molecule has 1 amide bonds. The van der Waals surface area contributed by atoms with Gasteiger partial charge in [-0.2, -0.15) is 0 Å². The van der Waals surface area contributed by atoms with Crippen molar-refractivity contribution < 1.29 is 13.9 Å². The summed E-state index contributed by atoms with van der Waals surface area (Å²) in [6.45, 7) is 5.71. The van der Waals surface area contributed by atoms with E-state index in [0.29, 0.717) is 31.1 Å². The van der Waals surface area contributed by atoms with Gasteiger partial charge in [0.05, 0.1) is 30.0 Å². The Morgan fingerprint density at radius 3 is 2.83 bits per heavy atom. The Hall–Kier alpha value is -1.79. The first kappa shape index (κ1) is 16.1. The zero-order chi connectivity index (χ0) is 16.4. The predicted molar refractivity (Wildman–Crippen MR) is 87.3 cm³/mol. The van der Waals surface area contributed by atoms with Crippen LogP contribution in [0.25, 0.3) is 0 Å². The van der Waals surface area contributed by atoms with Crippen LogP contribution < -0.4 is 0 Å². The summed E-state index contributed by atoms with van der Waals surface area (Å²) in [6, 6.07) is 6.35. The van der Waals surface area contributed by atoms with Gasteiger partial charge in [-0.3, -0.25) is 4.79 Å². The standard InChI is InChI=1S/C17H19FN2O2S/c1-17(2)11-22-8-7-20(17)16(21)14-10-19-15(23-14)9-12-3-5-13(18)6-4-12/h3-6,10H,7-9,11H2,1-2H3. The highest BCUT2D eigenvalue weighted by Crippen LogP contribution is 2.25. The van der Waals surface area contributed by atoms with Gasteiger partial charge in [0.25, 0.3) is 5.91 Å². The Balaban J connectivity index is 1.73. The van der Waals surface area contributed by atoms with E-state index in [1.54, 1.807) is 18.3 Å². The molecule has 0 aliphatic carbocycles. The molecule has 1 saturated heterocycles. The van der Waals surface area contributed by atoms with Crippen LogP contribution in [-0.4, -0.2) is 41.1 Å². The molecular formula is C17H19FN2O2S. The maximum atomic E-state index is 12.9. The van der Waals surface area contributed by atoms with Gasteiger partial charge in [0.2, 0.25) is 0 Å². The van der Waals surface area contributed by atoms with Crippen LogP contribution in [0.1, 0.15) is 34.1 Å². The average molecular weight is 334 g/mol. The minimum atomic E-state index is -0.309. The van der Waals surface area contributed by atoms with Crippen LogP contribution >= 0.6 is 11.3 Å². The first-order valence-electron chi connectivity index (χ1n) is 7.54. The lowest BCUT2D eigenvalue weighted by Crippen LogP contribution is -2.55. The third kappa shape index (κ3) is 3.59. The zero-order valence-corrected chi connectivity index (χ0v) is 14.0. The number of halogens is 1. The fraction of sp³-hybridized carbons (Fsp3) is 0.412. The normalized spacial score (nSPS) is 17.3. The molecule has 0 atom stereocenters. The number of thiazole rings is 1. The summed E-state index contributed by atoms with van der Waals surface area (Å²) < 4.78 is 18.4. The molecule has 0 radical (unpaired) electrons. The van der Waals surface area contributed by atoms with Crippen LogP contribution in [0.15, 0.2) is 30.5 Å². The Morgan fingerprint density at radius 1 is 1.39 bits per heavy atom. The van der Waals surface area contributed by atoms with E-state index in [4.69, 9.17) is 4.74 Å². The molecule has 3 rings (SSSR count).